The molecular weight excluding hydrogens is 450 g/mol. The SMILES string of the molecule is CNC(=O)c1cnn2ccc(/C(=C/C(=N)NCc3ccccc3Cl)Nc3cccc(C)n3)cc12. The van der Waals surface area contributed by atoms with Crippen LogP contribution in [0.1, 0.15) is 27.2 Å². The Morgan fingerprint density at radius 1 is 1.18 bits per heavy atom. The molecule has 0 fully saturated rings. The van der Waals surface area contributed by atoms with Gasteiger partial charge in [0.05, 0.1) is 23.0 Å². The van der Waals surface area contributed by atoms with Gasteiger partial charge in [-0.3, -0.25) is 10.2 Å². The van der Waals surface area contributed by atoms with E-state index in [1.807, 2.05) is 61.5 Å². The molecule has 9 heteroatoms. The summed E-state index contributed by atoms with van der Waals surface area (Å²) in [5.74, 6) is 0.611. The number of carbonyl (C=O) groups excluding carboxylic acids is 1. The van der Waals surface area contributed by atoms with Crippen LogP contribution in [0.3, 0.4) is 0 Å². The largest absolute Gasteiger partial charge is 0.366 e. The van der Waals surface area contributed by atoms with Crippen LogP contribution >= 0.6 is 11.6 Å². The van der Waals surface area contributed by atoms with E-state index in [2.05, 4.69) is 26.0 Å². The number of hydrogen-bond acceptors (Lipinski definition) is 5. The monoisotopic (exact) mass is 473 g/mol. The molecule has 4 aromatic rings. The third kappa shape index (κ3) is 5.24. The second-order valence-corrected chi connectivity index (χ2v) is 8.00. The van der Waals surface area contributed by atoms with Crippen LogP contribution in [0.4, 0.5) is 5.82 Å². The van der Waals surface area contributed by atoms with E-state index in [-0.39, 0.29) is 11.7 Å². The number of benzene rings is 1. The highest BCUT2D eigenvalue weighted by Crippen LogP contribution is 2.21. The Hall–Kier alpha value is -4.17. The summed E-state index contributed by atoms with van der Waals surface area (Å²) >= 11 is 6.24. The molecule has 0 aliphatic heterocycles. The Kier molecular flexibility index (Phi) is 6.89. The normalized spacial score (nSPS) is 11.3. The summed E-state index contributed by atoms with van der Waals surface area (Å²) in [4.78, 5) is 16.8. The van der Waals surface area contributed by atoms with Crippen molar-refractivity contribution in [2.45, 2.75) is 13.5 Å². The van der Waals surface area contributed by atoms with Crippen molar-refractivity contribution < 1.29 is 4.79 Å². The molecule has 4 rings (SSSR count). The number of carbonyl (C=O) groups is 1. The Bertz CT molecular complexity index is 1390. The fraction of sp³-hybridized carbons (Fsp3) is 0.120. The first-order chi connectivity index (χ1) is 16.4. The lowest BCUT2D eigenvalue weighted by atomic mass is 10.1. The lowest BCUT2D eigenvalue weighted by molar-refractivity contribution is 0.0964. The van der Waals surface area contributed by atoms with Crippen molar-refractivity contribution >= 4 is 40.4 Å². The first-order valence-electron chi connectivity index (χ1n) is 10.6. The number of aromatic nitrogens is 3. The number of amidine groups is 1. The highest BCUT2D eigenvalue weighted by atomic mass is 35.5. The van der Waals surface area contributed by atoms with E-state index in [0.29, 0.717) is 34.2 Å². The van der Waals surface area contributed by atoms with Crippen LogP contribution in [-0.2, 0) is 6.54 Å². The molecule has 0 saturated carbocycles. The fourth-order valence-corrected chi connectivity index (χ4v) is 3.63. The number of hydrogen-bond donors (Lipinski definition) is 4. The van der Waals surface area contributed by atoms with Gasteiger partial charge < -0.3 is 16.0 Å². The van der Waals surface area contributed by atoms with Crippen LogP contribution in [0, 0.1) is 12.3 Å². The van der Waals surface area contributed by atoms with Gasteiger partial charge in [0.2, 0.25) is 0 Å². The van der Waals surface area contributed by atoms with Gasteiger partial charge in [-0.15, -0.1) is 0 Å². The molecule has 0 aliphatic rings. The minimum absolute atomic E-state index is 0.190. The summed E-state index contributed by atoms with van der Waals surface area (Å²) in [6.07, 6.45) is 4.99. The summed E-state index contributed by atoms with van der Waals surface area (Å²) in [7, 11) is 1.58. The molecule has 0 atom stereocenters. The number of fused-ring (bicyclic) bond motifs is 1. The highest BCUT2D eigenvalue weighted by Gasteiger charge is 2.14. The molecule has 0 bridgehead atoms. The van der Waals surface area contributed by atoms with Gasteiger partial charge in [0.1, 0.15) is 11.7 Å². The molecule has 1 amide bonds. The molecule has 0 spiro atoms. The molecule has 0 radical (unpaired) electrons. The average molecular weight is 474 g/mol. The van der Waals surface area contributed by atoms with E-state index in [0.717, 1.165) is 16.8 Å². The maximum absolute atomic E-state index is 12.3. The van der Waals surface area contributed by atoms with Crippen molar-refractivity contribution in [3.63, 3.8) is 0 Å². The maximum atomic E-state index is 12.3. The molecule has 8 nitrogen and oxygen atoms in total. The molecule has 1 aromatic carbocycles. The number of amides is 1. The highest BCUT2D eigenvalue weighted by molar-refractivity contribution is 6.31. The Morgan fingerprint density at radius 3 is 2.76 bits per heavy atom. The quantitative estimate of drug-likeness (QED) is 0.237. The number of halogens is 1. The molecule has 0 aliphatic carbocycles. The Balaban J connectivity index is 1.68. The predicted molar refractivity (Wildman–Crippen MR) is 135 cm³/mol. The number of nitrogens with one attached hydrogen (secondary N) is 4. The third-order valence-electron chi connectivity index (χ3n) is 5.17. The maximum Gasteiger partial charge on any atom is 0.254 e. The van der Waals surface area contributed by atoms with E-state index < -0.39 is 0 Å². The lowest BCUT2D eigenvalue weighted by Crippen LogP contribution is -2.21. The van der Waals surface area contributed by atoms with Gasteiger partial charge in [-0.25, -0.2) is 9.50 Å². The molecule has 3 aromatic heterocycles. The number of rotatable bonds is 7. The molecule has 4 N–H and O–H groups in total. The van der Waals surface area contributed by atoms with Crippen molar-refractivity contribution in [1.29, 1.82) is 5.41 Å². The third-order valence-corrected chi connectivity index (χ3v) is 5.54. The zero-order valence-corrected chi connectivity index (χ0v) is 19.5. The second-order valence-electron chi connectivity index (χ2n) is 7.59. The number of nitrogens with zero attached hydrogens (tertiary/aromatic N) is 3. The molecule has 0 saturated heterocycles. The van der Waals surface area contributed by atoms with Crippen molar-refractivity contribution in [3.8, 4) is 0 Å². The van der Waals surface area contributed by atoms with Gasteiger partial charge in [-0.05, 0) is 42.8 Å². The summed E-state index contributed by atoms with van der Waals surface area (Å²) in [6, 6.07) is 16.9. The Labute approximate surface area is 202 Å². The van der Waals surface area contributed by atoms with Gasteiger partial charge in [0.15, 0.2) is 0 Å². The molecule has 0 unspecified atom stereocenters. The van der Waals surface area contributed by atoms with Crippen LogP contribution in [-0.4, -0.2) is 33.4 Å². The van der Waals surface area contributed by atoms with Crippen LogP contribution in [0.2, 0.25) is 5.02 Å². The first kappa shape index (κ1) is 23.0. The van der Waals surface area contributed by atoms with Crippen molar-refractivity contribution in [2.75, 3.05) is 12.4 Å². The summed E-state index contributed by atoms with van der Waals surface area (Å²) < 4.78 is 1.64. The predicted octanol–water partition coefficient (Wildman–Crippen LogP) is 4.27. The Morgan fingerprint density at radius 2 is 2.00 bits per heavy atom. The van der Waals surface area contributed by atoms with Gasteiger partial charge in [0.25, 0.3) is 5.91 Å². The van der Waals surface area contributed by atoms with Gasteiger partial charge in [-0.1, -0.05) is 35.9 Å². The number of aryl methyl sites for hydroxylation is 1. The molecule has 34 heavy (non-hydrogen) atoms. The van der Waals surface area contributed by atoms with Crippen LogP contribution in [0.25, 0.3) is 11.2 Å². The minimum atomic E-state index is -0.222. The minimum Gasteiger partial charge on any atom is -0.366 e. The van der Waals surface area contributed by atoms with E-state index in [9.17, 15) is 4.79 Å². The second kappa shape index (κ2) is 10.2. The molecular formula is C25H24ClN7O. The standard InChI is InChI=1S/C25H24ClN7O/c1-16-6-5-9-24(31-16)32-21(13-23(27)29-14-18-7-3-4-8-20(18)26)17-10-11-33-22(12-17)19(15-30-33)25(34)28-2/h3-13,15H,14H2,1-2H3,(H2,27,29)(H,28,34)(H,31,32)/b21-13-. The molecule has 3 heterocycles. The molecule has 172 valence electrons. The fourth-order valence-electron chi connectivity index (χ4n) is 3.43. The van der Waals surface area contributed by atoms with Crippen LogP contribution in [0.15, 0.2) is 73.1 Å². The smallest absolute Gasteiger partial charge is 0.254 e. The van der Waals surface area contributed by atoms with Crippen molar-refractivity contribution in [2.24, 2.45) is 0 Å². The van der Waals surface area contributed by atoms with E-state index in [4.69, 9.17) is 17.0 Å². The van der Waals surface area contributed by atoms with Crippen LogP contribution < -0.4 is 16.0 Å². The topological polar surface area (TPSA) is 107 Å². The zero-order valence-electron chi connectivity index (χ0n) is 18.8. The van der Waals surface area contributed by atoms with E-state index in [1.54, 1.807) is 23.8 Å². The number of anilines is 1. The lowest BCUT2D eigenvalue weighted by Gasteiger charge is -2.14. The van der Waals surface area contributed by atoms with Crippen molar-refractivity contribution in [1.82, 2.24) is 25.2 Å². The number of pyridine rings is 2. The van der Waals surface area contributed by atoms with Gasteiger partial charge in [0, 0.05) is 42.1 Å². The summed E-state index contributed by atoms with van der Waals surface area (Å²) in [5, 5.41) is 22.4. The summed E-state index contributed by atoms with van der Waals surface area (Å²) in [5.41, 5.74) is 4.28. The van der Waals surface area contributed by atoms with Crippen LogP contribution in [0.5, 0.6) is 0 Å². The van der Waals surface area contributed by atoms with E-state index in [1.165, 1.54) is 6.20 Å². The average Bonchev–Trinajstić information content (AvgIpc) is 3.26. The van der Waals surface area contributed by atoms with Gasteiger partial charge >= 0.3 is 0 Å². The van der Waals surface area contributed by atoms with Gasteiger partial charge in [-0.2, -0.15) is 5.10 Å². The van der Waals surface area contributed by atoms with Crippen molar-refractivity contribution in [3.05, 3.63) is 100 Å². The first-order valence-corrected chi connectivity index (χ1v) is 11.0. The van der Waals surface area contributed by atoms with E-state index >= 15 is 0 Å². The summed E-state index contributed by atoms with van der Waals surface area (Å²) in [6.45, 7) is 2.32. The zero-order chi connectivity index (χ0) is 24.1.